The lowest BCUT2D eigenvalue weighted by atomic mass is 9.74. The highest BCUT2D eigenvalue weighted by Gasteiger charge is 2.42. The van der Waals surface area contributed by atoms with E-state index < -0.39 is 23.0 Å². The molecule has 0 spiro atoms. The molecule has 1 aliphatic heterocycles. The Hall–Kier alpha value is -3.46. The predicted octanol–water partition coefficient (Wildman–Crippen LogP) is 5.21. The number of nitrogens with zero attached hydrogens (tertiary/aromatic N) is 4. The number of rotatable bonds is 7. The maximum absolute atomic E-state index is 14.2. The molecule has 2 aromatic carbocycles. The van der Waals surface area contributed by atoms with Gasteiger partial charge in [-0.2, -0.15) is 0 Å². The van der Waals surface area contributed by atoms with Crippen molar-refractivity contribution >= 4 is 11.9 Å². The Morgan fingerprint density at radius 1 is 1.05 bits per heavy atom. The van der Waals surface area contributed by atoms with E-state index in [2.05, 4.69) is 27.1 Å². The summed E-state index contributed by atoms with van der Waals surface area (Å²) in [7, 11) is 4.11. The van der Waals surface area contributed by atoms with E-state index in [1.54, 1.807) is 18.3 Å². The third kappa shape index (κ3) is 5.64. The van der Waals surface area contributed by atoms with Crippen molar-refractivity contribution in [2.75, 3.05) is 32.1 Å². The highest BCUT2D eigenvalue weighted by Crippen LogP contribution is 2.47. The fourth-order valence-corrected chi connectivity index (χ4v) is 5.96. The van der Waals surface area contributed by atoms with Gasteiger partial charge in [0, 0.05) is 42.9 Å². The fourth-order valence-electron chi connectivity index (χ4n) is 5.96. The lowest BCUT2D eigenvalue weighted by Crippen LogP contribution is -2.43. The average molecular weight is 538 g/mol. The van der Waals surface area contributed by atoms with Gasteiger partial charge in [0.25, 0.3) is 5.91 Å². The minimum atomic E-state index is -0.722. The van der Waals surface area contributed by atoms with Crippen LogP contribution in [0.3, 0.4) is 0 Å². The SMILES string of the molecule is CN1CCC(N(C)c2ncc(C(=O)NCc3ccc(F)cc3F)c(C3(c4ccc(F)cc4)CCCC3)n2)CC1. The first kappa shape index (κ1) is 27.1. The number of hydrogen-bond acceptors (Lipinski definition) is 5. The van der Waals surface area contributed by atoms with Crippen molar-refractivity contribution in [3.8, 4) is 0 Å². The number of carbonyl (C=O) groups excluding carboxylic acids is 1. The number of amides is 1. The summed E-state index contributed by atoms with van der Waals surface area (Å²) in [5.41, 5.74) is 1.43. The number of benzene rings is 2. The average Bonchev–Trinajstić information content (AvgIpc) is 3.44. The Kier molecular flexibility index (Phi) is 7.88. The molecule has 2 aliphatic rings. The molecule has 39 heavy (non-hydrogen) atoms. The van der Waals surface area contributed by atoms with Crippen LogP contribution in [0.5, 0.6) is 0 Å². The van der Waals surface area contributed by atoms with Gasteiger partial charge < -0.3 is 15.1 Å². The van der Waals surface area contributed by atoms with Crippen LogP contribution in [0.15, 0.2) is 48.7 Å². The first-order valence-electron chi connectivity index (χ1n) is 13.5. The molecule has 2 heterocycles. The number of halogens is 3. The molecule has 1 saturated carbocycles. The monoisotopic (exact) mass is 537 g/mol. The van der Waals surface area contributed by atoms with E-state index >= 15 is 0 Å². The Bertz CT molecular complexity index is 1320. The van der Waals surface area contributed by atoms with Crippen molar-refractivity contribution in [2.24, 2.45) is 0 Å². The molecule has 0 bridgehead atoms. The van der Waals surface area contributed by atoms with Crippen LogP contribution in [0.1, 0.15) is 65.7 Å². The normalized spacial score (nSPS) is 17.8. The molecule has 5 rings (SSSR count). The summed E-state index contributed by atoms with van der Waals surface area (Å²) in [5, 5.41) is 2.77. The van der Waals surface area contributed by atoms with Crippen LogP contribution in [0.2, 0.25) is 0 Å². The molecule has 0 radical (unpaired) electrons. The molecule has 206 valence electrons. The molecule has 2 fully saturated rings. The Labute approximate surface area is 227 Å². The molecule has 0 atom stereocenters. The number of piperidine rings is 1. The summed E-state index contributed by atoms with van der Waals surface area (Å²) in [4.78, 5) is 27.6. The minimum Gasteiger partial charge on any atom is -0.348 e. The zero-order valence-corrected chi connectivity index (χ0v) is 22.4. The predicted molar refractivity (Wildman–Crippen MR) is 144 cm³/mol. The third-order valence-electron chi connectivity index (χ3n) is 8.33. The molecule has 1 N–H and O–H groups in total. The van der Waals surface area contributed by atoms with E-state index in [4.69, 9.17) is 4.98 Å². The largest absolute Gasteiger partial charge is 0.348 e. The third-order valence-corrected chi connectivity index (χ3v) is 8.33. The number of likely N-dealkylation sites (tertiary alicyclic amines) is 1. The van der Waals surface area contributed by atoms with Gasteiger partial charge in [-0.15, -0.1) is 0 Å². The van der Waals surface area contributed by atoms with Crippen molar-refractivity contribution in [2.45, 2.75) is 56.5 Å². The van der Waals surface area contributed by atoms with Crippen molar-refractivity contribution in [3.05, 3.63) is 88.5 Å². The zero-order valence-electron chi connectivity index (χ0n) is 22.4. The van der Waals surface area contributed by atoms with Crippen LogP contribution in [0.25, 0.3) is 0 Å². The van der Waals surface area contributed by atoms with Crippen molar-refractivity contribution in [3.63, 3.8) is 0 Å². The molecule has 1 aliphatic carbocycles. The lowest BCUT2D eigenvalue weighted by molar-refractivity contribution is 0.0947. The zero-order chi connectivity index (χ0) is 27.6. The summed E-state index contributed by atoms with van der Waals surface area (Å²) >= 11 is 0. The Morgan fingerprint density at radius 2 is 1.72 bits per heavy atom. The van der Waals surface area contributed by atoms with Gasteiger partial charge in [-0.1, -0.05) is 31.0 Å². The van der Waals surface area contributed by atoms with E-state index in [-0.39, 0.29) is 24.0 Å². The maximum Gasteiger partial charge on any atom is 0.255 e. The van der Waals surface area contributed by atoms with Gasteiger partial charge in [-0.25, -0.2) is 23.1 Å². The molecule has 0 unspecified atom stereocenters. The van der Waals surface area contributed by atoms with Gasteiger partial charge in [0.2, 0.25) is 5.95 Å². The van der Waals surface area contributed by atoms with Crippen LogP contribution in [-0.4, -0.2) is 54.0 Å². The van der Waals surface area contributed by atoms with E-state index in [9.17, 15) is 18.0 Å². The second kappa shape index (κ2) is 11.3. The topological polar surface area (TPSA) is 61.4 Å². The molecule has 9 heteroatoms. The molecular weight excluding hydrogens is 503 g/mol. The van der Waals surface area contributed by atoms with Crippen LogP contribution >= 0.6 is 0 Å². The molecule has 1 saturated heterocycles. The Morgan fingerprint density at radius 3 is 2.38 bits per heavy atom. The van der Waals surface area contributed by atoms with Crippen molar-refractivity contribution < 1.29 is 18.0 Å². The molecule has 1 aromatic heterocycles. The van der Waals surface area contributed by atoms with Gasteiger partial charge >= 0.3 is 0 Å². The summed E-state index contributed by atoms with van der Waals surface area (Å²) in [6, 6.07) is 10.00. The fraction of sp³-hybridized carbons (Fsp3) is 0.433. The van der Waals surface area contributed by atoms with Gasteiger partial charge in [0.1, 0.15) is 17.5 Å². The highest BCUT2D eigenvalue weighted by molar-refractivity contribution is 5.95. The van der Waals surface area contributed by atoms with Gasteiger partial charge in [-0.3, -0.25) is 4.79 Å². The smallest absolute Gasteiger partial charge is 0.255 e. The van der Waals surface area contributed by atoms with Crippen LogP contribution in [0, 0.1) is 17.5 Å². The number of hydrogen-bond donors (Lipinski definition) is 1. The summed E-state index contributed by atoms with van der Waals surface area (Å²) in [6.45, 7) is 1.87. The molecule has 3 aromatic rings. The van der Waals surface area contributed by atoms with Crippen LogP contribution in [0.4, 0.5) is 19.1 Å². The van der Waals surface area contributed by atoms with E-state index in [0.29, 0.717) is 17.2 Å². The lowest BCUT2D eigenvalue weighted by Gasteiger charge is -2.36. The van der Waals surface area contributed by atoms with Gasteiger partial charge in [-0.05, 0) is 69.6 Å². The molecule has 6 nitrogen and oxygen atoms in total. The van der Waals surface area contributed by atoms with E-state index in [1.807, 2.05) is 7.05 Å². The summed E-state index contributed by atoms with van der Waals surface area (Å²) in [6.07, 6.45) is 6.95. The second-order valence-electron chi connectivity index (χ2n) is 10.8. The Balaban J connectivity index is 1.52. The first-order valence-corrected chi connectivity index (χ1v) is 13.5. The highest BCUT2D eigenvalue weighted by atomic mass is 19.1. The second-order valence-corrected chi connectivity index (χ2v) is 10.8. The molecular formula is C30H34F3N5O. The molecule has 1 amide bonds. The van der Waals surface area contributed by atoms with Gasteiger partial charge in [0.05, 0.1) is 11.3 Å². The summed E-state index contributed by atoms with van der Waals surface area (Å²) in [5.74, 6) is -1.60. The number of aromatic nitrogens is 2. The van der Waals surface area contributed by atoms with E-state index in [1.165, 1.54) is 18.2 Å². The maximum atomic E-state index is 14.2. The van der Waals surface area contributed by atoms with Crippen molar-refractivity contribution in [1.29, 1.82) is 0 Å². The van der Waals surface area contributed by atoms with Gasteiger partial charge in [0.15, 0.2) is 0 Å². The first-order chi connectivity index (χ1) is 18.8. The minimum absolute atomic E-state index is 0.106. The number of anilines is 1. The number of nitrogens with one attached hydrogen (secondary N) is 1. The standard InChI is InChI=1S/C30H34F3N5O/c1-37-15-11-24(12-16-37)38(2)29-35-19-25(28(39)34-18-20-5-8-23(32)17-26(20)33)27(36-29)30(13-3-4-14-30)21-6-9-22(31)10-7-21/h5-10,17,19,24H,3-4,11-16,18H2,1-2H3,(H,34,39). The quantitative estimate of drug-likeness (QED) is 0.448. The summed E-state index contributed by atoms with van der Waals surface area (Å²) < 4.78 is 41.5. The van der Waals surface area contributed by atoms with Crippen molar-refractivity contribution in [1.82, 2.24) is 20.2 Å². The van der Waals surface area contributed by atoms with Crippen LogP contribution < -0.4 is 10.2 Å². The van der Waals surface area contributed by atoms with E-state index in [0.717, 1.165) is 69.3 Å². The number of carbonyl (C=O) groups is 1. The van der Waals surface area contributed by atoms with Crippen LogP contribution in [-0.2, 0) is 12.0 Å².